The summed E-state index contributed by atoms with van der Waals surface area (Å²) in [6, 6.07) is 15.0. The molecule has 0 aliphatic rings. The van der Waals surface area contributed by atoms with Crippen molar-refractivity contribution in [3.63, 3.8) is 0 Å². The number of amides is 1. The Morgan fingerprint density at radius 3 is 2.19 bits per heavy atom. The van der Waals surface area contributed by atoms with E-state index in [1.165, 1.54) is 4.31 Å². The second-order valence-corrected chi connectivity index (χ2v) is 10.00. The third-order valence-corrected chi connectivity index (χ3v) is 7.31. The van der Waals surface area contributed by atoms with E-state index < -0.39 is 10.0 Å². The van der Waals surface area contributed by atoms with Crippen molar-refractivity contribution < 1.29 is 13.2 Å². The number of carbonyl (C=O) groups is 1. The van der Waals surface area contributed by atoms with Gasteiger partial charge in [0, 0.05) is 25.5 Å². The molecule has 168 valence electrons. The lowest BCUT2D eigenvalue weighted by Crippen LogP contribution is -2.40. The van der Waals surface area contributed by atoms with Gasteiger partial charge < -0.3 is 5.32 Å². The molecule has 0 unspecified atom stereocenters. The van der Waals surface area contributed by atoms with E-state index in [4.69, 9.17) is 0 Å². The fraction of sp³-hybridized carbons (Fsp3) is 0.280. The van der Waals surface area contributed by atoms with Crippen LogP contribution in [0.15, 0.2) is 65.8 Å². The van der Waals surface area contributed by atoms with Gasteiger partial charge in [0.05, 0.1) is 11.4 Å². The van der Waals surface area contributed by atoms with Crippen LogP contribution in [0.2, 0.25) is 0 Å². The van der Waals surface area contributed by atoms with Crippen molar-refractivity contribution in [2.75, 3.05) is 6.54 Å². The van der Waals surface area contributed by atoms with Crippen LogP contribution in [0.25, 0.3) is 0 Å². The molecule has 3 rings (SSSR count). The molecule has 0 atom stereocenters. The number of nitrogens with zero attached hydrogens (tertiary/aromatic N) is 2. The third kappa shape index (κ3) is 5.81. The van der Waals surface area contributed by atoms with Gasteiger partial charge in [0.2, 0.25) is 15.9 Å². The van der Waals surface area contributed by atoms with E-state index in [0.29, 0.717) is 11.1 Å². The molecule has 1 N–H and O–H groups in total. The zero-order chi connectivity index (χ0) is 23.3. The summed E-state index contributed by atoms with van der Waals surface area (Å²) < 4.78 is 28.7. The van der Waals surface area contributed by atoms with Gasteiger partial charge in [-0.2, -0.15) is 4.31 Å². The maximum Gasteiger partial charge on any atom is 0.244 e. The number of aromatic nitrogens is 1. The Bertz CT molecular complexity index is 1170. The number of carbonyl (C=O) groups excluding carboxylic acids is 1. The topological polar surface area (TPSA) is 79.4 Å². The lowest BCUT2D eigenvalue weighted by Gasteiger charge is -2.24. The molecule has 0 saturated heterocycles. The highest BCUT2D eigenvalue weighted by Crippen LogP contribution is 2.26. The molecule has 0 aliphatic heterocycles. The summed E-state index contributed by atoms with van der Waals surface area (Å²) in [5, 5.41) is 2.80. The highest BCUT2D eigenvalue weighted by atomic mass is 32.2. The molecule has 7 heteroatoms. The van der Waals surface area contributed by atoms with Crippen LogP contribution in [0.1, 0.15) is 33.4 Å². The van der Waals surface area contributed by atoms with E-state index in [1.54, 1.807) is 32.3 Å². The van der Waals surface area contributed by atoms with Gasteiger partial charge in [0.15, 0.2) is 0 Å². The number of sulfonamides is 1. The Balaban J connectivity index is 1.89. The first kappa shape index (κ1) is 23.6. The number of aryl methyl sites for hydroxylation is 4. The lowest BCUT2D eigenvalue weighted by molar-refractivity contribution is -0.121. The fourth-order valence-electron chi connectivity index (χ4n) is 3.75. The van der Waals surface area contributed by atoms with Crippen molar-refractivity contribution in [1.29, 1.82) is 0 Å². The Morgan fingerprint density at radius 2 is 1.59 bits per heavy atom. The Morgan fingerprint density at radius 1 is 0.938 bits per heavy atom. The molecule has 0 spiro atoms. The molecule has 0 aliphatic carbocycles. The Hall–Kier alpha value is -3.03. The minimum Gasteiger partial charge on any atom is -0.351 e. The summed E-state index contributed by atoms with van der Waals surface area (Å²) in [6.07, 6.45) is 3.33. The largest absolute Gasteiger partial charge is 0.351 e. The normalized spacial score (nSPS) is 11.5. The first-order valence-corrected chi connectivity index (χ1v) is 11.9. The fourth-order valence-corrected chi connectivity index (χ4v) is 5.54. The van der Waals surface area contributed by atoms with E-state index in [-0.39, 0.29) is 30.4 Å². The number of nitrogens with one attached hydrogen (secondary N) is 1. The van der Waals surface area contributed by atoms with Gasteiger partial charge in [-0.05, 0) is 56.0 Å². The van der Waals surface area contributed by atoms with E-state index in [1.807, 2.05) is 56.3 Å². The van der Waals surface area contributed by atoms with Gasteiger partial charge in [-0.1, -0.05) is 53.6 Å². The van der Waals surface area contributed by atoms with E-state index >= 15 is 0 Å². The van der Waals surface area contributed by atoms with E-state index in [9.17, 15) is 13.2 Å². The predicted molar refractivity (Wildman–Crippen MR) is 126 cm³/mol. The first-order valence-electron chi connectivity index (χ1n) is 10.5. The van der Waals surface area contributed by atoms with Crippen LogP contribution in [-0.4, -0.2) is 30.2 Å². The molecule has 1 heterocycles. The number of benzene rings is 2. The van der Waals surface area contributed by atoms with Gasteiger partial charge in [-0.15, -0.1) is 0 Å². The highest BCUT2D eigenvalue weighted by molar-refractivity contribution is 7.89. The maximum absolute atomic E-state index is 13.7. The van der Waals surface area contributed by atoms with Crippen molar-refractivity contribution in [3.8, 4) is 0 Å². The molecular formula is C25H29N3O3S. The molecular weight excluding hydrogens is 422 g/mol. The van der Waals surface area contributed by atoms with Crippen LogP contribution in [0.3, 0.4) is 0 Å². The summed E-state index contributed by atoms with van der Waals surface area (Å²) in [5.74, 6) is -0.369. The molecule has 6 nitrogen and oxygen atoms in total. The van der Waals surface area contributed by atoms with Crippen molar-refractivity contribution in [2.45, 2.75) is 45.7 Å². The summed E-state index contributed by atoms with van der Waals surface area (Å²) in [6.45, 7) is 7.61. The SMILES string of the molecule is Cc1ccc(CN(CC(=O)NCc2cccnc2)S(=O)(=O)c2c(C)cc(C)cc2C)cc1. The molecule has 1 amide bonds. The molecule has 0 bridgehead atoms. The summed E-state index contributed by atoms with van der Waals surface area (Å²) in [7, 11) is -3.91. The second-order valence-electron chi connectivity index (χ2n) is 8.12. The molecule has 0 radical (unpaired) electrons. The van der Waals surface area contributed by atoms with Gasteiger partial charge in [0.1, 0.15) is 0 Å². The van der Waals surface area contributed by atoms with Crippen molar-refractivity contribution in [1.82, 2.24) is 14.6 Å². The van der Waals surface area contributed by atoms with Gasteiger partial charge >= 0.3 is 0 Å². The zero-order valence-corrected chi connectivity index (χ0v) is 19.7. The van der Waals surface area contributed by atoms with Crippen LogP contribution in [0.5, 0.6) is 0 Å². The van der Waals surface area contributed by atoms with E-state index in [0.717, 1.165) is 22.3 Å². The number of rotatable bonds is 8. The summed E-state index contributed by atoms with van der Waals surface area (Å²) >= 11 is 0. The third-order valence-electron chi connectivity index (χ3n) is 5.21. The van der Waals surface area contributed by atoms with Gasteiger partial charge in [-0.25, -0.2) is 8.42 Å². The molecule has 2 aromatic carbocycles. The number of hydrogen-bond donors (Lipinski definition) is 1. The smallest absolute Gasteiger partial charge is 0.244 e. The molecule has 0 fully saturated rings. The van der Waals surface area contributed by atoms with Crippen molar-refractivity contribution >= 4 is 15.9 Å². The average molecular weight is 452 g/mol. The van der Waals surface area contributed by atoms with Crippen LogP contribution in [0.4, 0.5) is 0 Å². The van der Waals surface area contributed by atoms with Crippen LogP contribution >= 0.6 is 0 Å². The highest BCUT2D eigenvalue weighted by Gasteiger charge is 2.30. The van der Waals surface area contributed by atoms with Crippen LogP contribution in [-0.2, 0) is 27.9 Å². The zero-order valence-electron chi connectivity index (χ0n) is 18.9. The summed E-state index contributed by atoms with van der Waals surface area (Å²) in [4.78, 5) is 17.0. The molecule has 0 saturated carbocycles. The molecule has 3 aromatic rings. The number of pyridine rings is 1. The van der Waals surface area contributed by atoms with Crippen LogP contribution in [0, 0.1) is 27.7 Å². The van der Waals surface area contributed by atoms with Crippen LogP contribution < -0.4 is 5.32 Å². The number of hydrogen-bond acceptors (Lipinski definition) is 4. The Labute approximate surface area is 190 Å². The van der Waals surface area contributed by atoms with Gasteiger partial charge in [-0.3, -0.25) is 9.78 Å². The van der Waals surface area contributed by atoms with Crippen molar-refractivity contribution in [2.24, 2.45) is 0 Å². The average Bonchev–Trinajstić information content (AvgIpc) is 2.73. The lowest BCUT2D eigenvalue weighted by atomic mass is 10.1. The Kier molecular flexibility index (Phi) is 7.43. The molecule has 1 aromatic heterocycles. The maximum atomic E-state index is 13.7. The van der Waals surface area contributed by atoms with E-state index in [2.05, 4.69) is 10.3 Å². The minimum absolute atomic E-state index is 0.107. The molecule has 32 heavy (non-hydrogen) atoms. The second kappa shape index (κ2) is 10.1. The predicted octanol–water partition coefficient (Wildman–Crippen LogP) is 3.82. The monoisotopic (exact) mass is 451 g/mol. The van der Waals surface area contributed by atoms with Crippen molar-refractivity contribution in [3.05, 3.63) is 94.3 Å². The minimum atomic E-state index is -3.91. The summed E-state index contributed by atoms with van der Waals surface area (Å²) in [5.41, 5.74) is 5.10. The first-order chi connectivity index (χ1) is 15.2. The standard InChI is InChI=1S/C25H29N3O3S/c1-18-7-9-22(10-8-18)16-28(17-24(29)27-15-23-6-5-11-26-14-23)32(30,31)25-20(3)12-19(2)13-21(25)4/h5-14H,15-17H2,1-4H3,(H,27,29). The van der Waals surface area contributed by atoms with Gasteiger partial charge in [0.25, 0.3) is 0 Å². The quantitative estimate of drug-likeness (QED) is 0.565.